The van der Waals surface area contributed by atoms with Crippen molar-refractivity contribution < 1.29 is 19.4 Å². The predicted molar refractivity (Wildman–Crippen MR) is 60.1 cm³/mol. The van der Waals surface area contributed by atoms with Crippen molar-refractivity contribution in [2.75, 3.05) is 14.2 Å². The minimum Gasteiger partial charge on any atom is -0.481 e. The van der Waals surface area contributed by atoms with E-state index in [0.29, 0.717) is 6.42 Å². The van der Waals surface area contributed by atoms with E-state index in [1.54, 1.807) is 14.2 Å². The van der Waals surface area contributed by atoms with Crippen molar-refractivity contribution in [3.05, 3.63) is 0 Å². The van der Waals surface area contributed by atoms with E-state index in [9.17, 15) is 9.90 Å². The van der Waals surface area contributed by atoms with E-state index in [2.05, 4.69) is 13.8 Å². The molecule has 1 N–H and O–H groups in total. The van der Waals surface area contributed by atoms with E-state index < -0.39 is 12.3 Å². The van der Waals surface area contributed by atoms with Crippen molar-refractivity contribution in [1.29, 1.82) is 0 Å². The number of hydrogen-bond acceptors (Lipinski definition) is 3. The third-order valence-electron chi connectivity index (χ3n) is 3.57. The lowest BCUT2D eigenvalue weighted by molar-refractivity contribution is -0.179. The third kappa shape index (κ3) is 2.95. The van der Waals surface area contributed by atoms with Crippen molar-refractivity contribution >= 4 is 5.97 Å². The molecule has 2 atom stereocenters. The molecule has 0 radical (unpaired) electrons. The molecule has 0 saturated heterocycles. The van der Waals surface area contributed by atoms with Gasteiger partial charge in [-0.15, -0.1) is 0 Å². The first kappa shape index (κ1) is 13.5. The molecule has 94 valence electrons. The highest BCUT2D eigenvalue weighted by Crippen LogP contribution is 2.43. The zero-order valence-electron chi connectivity index (χ0n) is 10.5. The van der Waals surface area contributed by atoms with Crippen LogP contribution in [0.3, 0.4) is 0 Å². The summed E-state index contributed by atoms with van der Waals surface area (Å²) >= 11 is 0. The first-order valence-corrected chi connectivity index (χ1v) is 5.69. The van der Waals surface area contributed by atoms with Crippen LogP contribution in [0.25, 0.3) is 0 Å². The highest BCUT2D eigenvalue weighted by molar-refractivity contribution is 5.70. The molecule has 0 bridgehead atoms. The maximum atomic E-state index is 11.2. The van der Waals surface area contributed by atoms with Crippen molar-refractivity contribution in [2.24, 2.45) is 17.3 Å². The number of carboxylic acids is 1. The zero-order valence-corrected chi connectivity index (χ0v) is 10.5. The molecule has 1 aliphatic rings. The van der Waals surface area contributed by atoms with Crippen molar-refractivity contribution in [1.82, 2.24) is 0 Å². The summed E-state index contributed by atoms with van der Waals surface area (Å²) in [4.78, 5) is 11.2. The van der Waals surface area contributed by atoms with E-state index in [4.69, 9.17) is 9.47 Å². The molecular formula is C12H22O4. The van der Waals surface area contributed by atoms with E-state index in [0.717, 1.165) is 12.8 Å². The van der Waals surface area contributed by atoms with E-state index in [1.807, 2.05) is 0 Å². The fourth-order valence-electron chi connectivity index (χ4n) is 2.68. The molecule has 1 rings (SSSR count). The monoisotopic (exact) mass is 230 g/mol. The Bertz CT molecular complexity index is 245. The van der Waals surface area contributed by atoms with Crippen molar-refractivity contribution in [3.63, 3.8) is 0 Å². The quantitative estimate of drug-likeness (QED) is 0.752. The van der Waals surface area contributed by atoms with Crippen LogP contribution < -0.4 is 0 Å². The Balaban J connectivity index is 2.83. The minimum absolute atomic E-state index is 0.0590. The first-order chi connectivity index (χ1) is 7.41. The van der Waals surface area contributed by atoms with Gasteiger partial charge >= 0.3 is 5.97 Å². The lowest BCUT2D eigenvalue weighted by atomic mass is 9.67. The molecule has 1 aliphatic carbocycles. The molecule has 0 aromatic carbocycles. The Morgan fingerprint density at radius 3 is 2.38 bits per heavy atom. The number of carboxylic acid groups (broad SMARTS) is 1. The predicted octanol–water partition coefficient (Wildman–Crippen LogP) is 2.13. The Kier molecular flexibility index (Phi) is 4.33. The number of methoxy groups -OCH3 is 2. The summed E-state index contributed by atoms with van der Waals surface area (Å²) in [6, 6.07) is 0. The topological polar surface area (TPSA) is 55.8 Å². The fourth-order valence-corrected chi connectivity index (χ4v) is 2.68. The average Bonchev–Trinajstić information content (AvgIpc) is 2.17. The second kappa shape index (κ2) is 5.15. The number of hydrogen-bond donors (Lipinski definition) is 1. The Hall–Kier alpha value is -0.610. The van der Waals surface area contributed by atoms with Gasteiger partial charge in [-0.3, -0.25) is 4.79 Å². The summed E-state index contributed by atoms with van der Waals surface area (Å²) in [6.45, 7) is 4.33. The molecule has 4 nitrogen and oxygen atoms in total. The van der Waals surface area contributed by atoms with Gasteiger partial charge in [0.1, 0.15) is 0 Å². The van der Waals surface area contributed by atoms with Crippen LogP contribution in [0.4, 0.5) is 0 Å². The smallest absolute Gasteiger partial charge is 0.306 e. The Morgan fingerprint density at radius 1 is 1.38 bits per heavy atom. The summed E-state index contributed by atoms with van der Waals surface area (Å²) in [5.41, 5.74) is 0.173. The van der Waals surface area contributed by atoms with Gasteiger partial charge in [-0.1, -0.05) is 13.8 Å². The summed E-state index contributed by atoms with van der Waals surface area (Å²) in [7, 11) is 3.13. The van der Waals surface area contributed by atoms with E-state index in [-0.39, 0.29) is 17.3 Å². The molecule has 0 aliphatic heterocycles. The summed E-state index contributed by atoms with van der Waals surface area (Å²) < 4.78 is 10.5. The van der Waals surface area contributed by atoms with Gasteiger partial charge in [0, 0.05) is 20.1 Å². The van der Waals surface area contributed by atoms with Gasteiger partial charge in [-0.05, 0) is 24.7 Å². The molecule has 4 heteroatoms. The SMILES string of the molecule is COC(OC)[C@H]1CC(C)(C)CC[C@@H]1C(=O)O. The molecular weight excluding hydrogens is 208 g/mol. The molecule has 1 saturated carbocycles. The first-order valence-electron chi connectivity index (χ1n) is 5.69. The van der Waals surface area contributed by atoms with Gasteiger partial charge in [0.2, 0.25) is 0 Å². The normalized spacial score (nSPS) is 29.3. The highest BCUT2D eigenvalue weighted by Gasteiger charge is 2.42. The zero-order chi connectivity index (χ0) is 12.3. The molecule has 0 aromatic rings. The maximum absolute atomic E-state index is 11.2. The molecule has 0 unspecified atom stereocenters. The van der Waals surface area contributed by atoms with E-state index >= 15 is 0 Å². The molecule has 0 heterocycles. The number of carbonyl (C=O) groups is 1. The van der Waals surface area contributed by atoms with Crippen LogP contribution in [0.15, 0.2) is 0 Å². The van der Waals surface area contributed by atoms with Gasteiger partial charge < -0.3 is 14.6 Å². The van der Waals surface area contributed by atoms with Crippen molar-refractivity contribution in [2.45, 2.75) is 39.4 Å². The van der Waals surface area contributed by atoms with Crippen LogP contribution in [0.5, 0.6) is 0 Å². The Morgan fingerprint density at radius 2 is 1.94 bits per heavy atom. The standard InChI is InChI=1S/C12H22O4/c1-12(2)6-5-8(10(13)14)9(7-12)11(15-3)16-4/h8-9,11H,5-7H2,1-4H3,(H,13,14)/t8-,9-/m0/s1. The molecule has 0 amide bonds. The van der Waals surface area contributed by atoms with Crippen LogP contribution in [-0.2, 0) is 14.3 Å². The largest absolute Gasteiger partial charge is 0.481 e. The van der Waals surface area contributed by atoms with E-state index in [1.165, 1.54) is 0 Å². The van der Waals surface area contributed by atoms with Gasteiger partial charge in [0.05, 0.1) is 5.92 Å². The fraction of sp³-hybridized carbons (Fsp3) is 0.917. The second-order valence-corrected chi connectivity index (χ2v) is 5.36. The highest BCUT2D eigenvalue weighted by atomic mass is 16.7. The van der Waals surface area contributed by atoms with Crippen LogP contribution in [0, 0.1) is 17.3 Å². The summed E-state index contributed by atoms with van der Waals surface area (Å²) in [5.74, 6) is -1.14. The number of ether oxygens (including phenoxy) is 2. The number of aliphatic carboxylic acids is 1. The van der Waals surface area contributed by atoms with Gasteiger partial charge in [0.15, 0.2) is 6.29 Å². The lowest BCUT2D eigenvalue weighted by Gasteiger charge is -2.41. The van der Waals surface area contributed by atoms with Crippen LogP contribution >= 0.6 is 0 Å². The molecule has 1 fully saturated rings. The molecule has 0 spiro atoms. The van der Waals surface area contributed by atoms with Crippen LogP contribution in [-0.4, -0.2) is 31.6 Å². The van der Waals surface area contributed by atoms with Crippen LogP contribution in [0.2, 0.25) is 0 Å². The minimum atomic E-state index is -0.736. The average molecular weight is 230 g/mol. The third-order valence-corrected chi connectivity index (χ3v) is 3.57. The lowest BCUT2D eigenvalue weighted by Crippen LogP contribution is -2.42. The van der Waals surface area contributed by atoms with Gasteiger partial charge in [-0.2, -0.15) is 0 Å². The summed E-state index contributed by atoms with van der Waals surface area (Å²) in [6.07, 6.45) is 2.06. The van der Waals surface area contributed by atoms with Crippen molar-refractivity contribution in [3.8, 4) is 0 Å². The van der Waals surface area contributed by atoms with Gasteiger partial charge in [0.25, 0.3) is 0 Å². The number of rotatable bonds is 4. The molecule has 0 aromatic heterocycles. The maximum Gasteiger partial charge on any atom is 0.306 e. The second-order valence-electron chi connectivity index (χ2n) is 5.36. The van der Waals surface area contributed by atoms with Gasteiger partial charge in [-0.25, -0.2) is 0 Å². The summed E-state index contributed by atoms with van der Waals surface area (Å²) in [5, 5.41) is 9.21. The van der Waals surface area contributed by atoms with Crippen LogP contribution in [0.1, 0.15) is 33.1 Å². The Labute approximate surface area is 96.9 Å². The molecule has 16 heavy (non-hydrogen) atoms.